The van der Waals surface area contributed by atoms with Gasteiger partial charge in [-0.3, -0.25) is 0 Å². The number of carbonyl (C=O) groups is 1. The molecule has 1 aromatic rings. The van der Waals surface area contributed by atoms with Gasteiger partial charge in [0.1, 0.15) is 0 Å². The van der Waals surface area contributed by atoms with Crippen molar-refractivity contribution in [1.82, 2.24) is 0 Å². The van der Waals surface area contributed by atoms with Gasteiger partial charge in [-0.15, -0.1) is 0 Å². The van der Waals surface area contributed by atoms with Crippen molar-refractivity contribution in [2.24, 2.45) is 5.92 Å². The van der Waals surface area contributed by atoms with E-state index in [4.69, 9.17) is 20.3 Å². The maximum atomic E-state index is 10.9. The van der Waals surface area contributed by atoms with Crippen LogP contribution in [0.5, 0.6) is 11.5 Å². The molecule has 0 saturated heterocycles. The molecule has 0 heterocycles. The van der Waals surface area contributed by atoms with E-state index in [1.165, 1.54) is 32.1 Å². The molecule has 0 spiro atoms. The van der Waals surface area contributed by atoms with E-state index in [9.17, 15) is 4.79 Å². The minimum Gasteiger partial charge on any atom is -0.493 e. The fourth-order valence-electron chi connectivity index (χ4n) is 1.53. The molecule has 0 aliphatic heterocycles. The number of nitrogens with two attached hydrogens (primary N) is 1. The van der Waals surface area contributed by atoms with Gasteiger partial charge in [-0.25, -0.2) is 4.79 Å². The quantitative estimate of drug-likeness (QED) is 0.762. The zero-order valence-corrected chi connectivity index (χ0v) is 9.60. The van der Waals surface area contributed by atoms with Gasteiger partial charge in [0, 0.05) is 12.1 Å². The molecule has 1 aliphatic carbocycles. The summed E-state index contributed by atoms with van der Waals surface area (Å²) in [5, 5.41) is 8.93. The zero-order valence-electron chi connectivity index (χ0n) is 9.60. The monoisotopic (exact) mass is 237 g/mol. The number of hydrogen-bond donors (Lipinski definition) is 2. The summed E-state index contributed by atoms with van der Waals surface area (Å²) in [6, 6.07) is 2.89. The molecule has 5 nitrogen and oxygen atoms in total. The highest BCUT2D eigenvalue weighted by Crippen LogP contribution is 2.35. The Bertz CT molecular complexity index is 440. The Morgan fingerprint density at radius 1 is 1.47 bits per heavy atom. The van der Waals surface area contributed by atoms with Crippen molar-refractivity contribution in [3.8, 4) is 11.5 Å². The van der Waals surface area contributed by atoms with E-state index < -0.39 is 5.97 Å². The predicted molar refractivity (Wildman–Crippen MR) is 62.6 cm³/mol. The van der Waals surface area contributed by atoms with Gasteiger partial charge in [-0.2, -0.15) is 0 Å². The van der Waals surface area contributed by atoms with Gasteiger partial charge in [-0.1, -0.05) is 0 Å². The number of ether oxygens (including phenoxy) is 2. The van der Waals surface area contributed by atoms with Crippen molar-refractivity contribution in [2.45, 2.75) is 12.8 Å². The Labute approximate surface area is 99.1 Å². The minimum atomic E-state index is -1.07. The number of hydrogen-bond acceptors (Lipinski definition) is 4. The fraction of sp³-hybridized carbons (Fsp3) is 0.417. The van der Waals surface area contributed by atoms with Crippen molar-refractivity contribution in [3.63, 3.8) is 0 Å². The highest BCUT2D eigenvalue weighted by Gasteiger charge is 2.23. The summed E-state index contributed by atoms with van der Waals surface area (Å²) in [4.78, 5) is 10.9. The first kappa shape index (κ1) is 11.6. The second-order valence-corrected chi connectivity index (χ2v) is 4.15. The third-order valence-electron chi connectivity index (χ3n) is 2.74. The molecule has 1 saturated carbocycles. The van der Waals surface area contributed by atoms with Crippen molar-refractivity contribution in [3.05, 3.63) is 17.7 Å². The molecular formula is C12H15NO4. The Morgan fingerprint density at radius 3 is 2.71 bits per heavy atom. The van der Waals surface area contributed by atoms with E-state index >= 15 is 0 Å². The molecule has 0 atom stereocenters. The van der Waals surface area contributed by atoms with Crippen LogP contribution in [0.25, 0.3) is 0 Å². The highest BCUT2D eigenvalue weighted by molar-refractivity contribution is 5.94. The first-order chi connectivity index (χ1) is 8.11. The maximum Gasteiger partial charge on any atom is 0.337 e. The van der Waals surface area contributed by atoms with Gasteiger partial charge in [-0.05, 0) is 18.8 Å². The van der Waals surface area contributed by atoms with Crippen molar-refractivity contribution >= 4 is 11.7 Å². The van der Waals surface area contributed by atoms with E-state index in [-0.39, 0.29) is 11.3 Å². The number of benzene rings is 1. The second kappa shape index (κ2) is 4.53. The lowest BCUT2D eigenvalue weighted by atomic mass is 10.1. The third kappa shape index (κ3) is 2.61. The summed E-state index contributed by atoms with van der Waals surface area (Å²) in [7, 11) is 1.47. The first-order valence-corrected chi connectivity index (χ1v) is 5.45. The minimum absolute atomic E-state index is 0.0284. The number of anilines is 1. The van der Waals surface area contributed by atoms with Gasteiger partial charge in [0.15, 0.2) is 11.5 Å². The van der Waals surface area contributed by atoms with Gasteiger partial charge >= 0.3 is 5.97 Å². The topological polar surface area (TPSA) is 81.8 Å². The van der Waals surface area contributed by atoms with Crippen LogP contribution in [0.3, 0.4) is 0 Å². The molecule has 1 fully saturated rings. The average molecular weight is 237 g/mol. The lowest BCUT2D eigenvalue weighted by molar-refractivity contribution is 0.0697. The van der Waals surface area contributed by atoms with Crippen LogP contribution in [-0.4, -0.2) is 24.8 Å². The van der Waals surface area contributed by atoms with E-state index in [1.807, 2.05) is 0 Å². The summed E-state index contributed by atoms with van der Waals surface area (Å²) in [6.45, 7) is 0.627. The van der Waals surface area contributed by atoms with Gasteiger partial charge < -0.3 is 20.3 Å². The fourth-order valence-corrected chi connectivity index (χ4v) is 1.53. The zero-order chi connectivity index (χ0) is 12.4. The van der Waals surface area contributed by atoms with Crippen molar-refractivity contribution in [2.75, 3.05) is 19.5 Å². The van der Waals surface area contributed by atoms with Crippen molar-refractivity contribution in [1.29, 1.82) is 0 Å². The Kier molecular flexibility index (Phi) is 3.08. The van der Waals surface area contributed by atoms with Gasteiger partial charge in [0.25, 0.3) is 0 Å². The van der Waals surface area contributed by atoms with Crippen LogP contribution in [0, 0.1) is 5.92 Å². The molecule has 3 N–H and O–H groups in total. The van der Waals surface area contributed by atoms with Crippen LogP contribution in [0.2, 0.25) is 0 Å². The number of rotatable bonds is 5. The summed E-state index contributed by atoms with van der Waals surface area (Å²) in [6.07, 6.45) is 2.37. The number of nitrogen functional groups attached to an aromatic ring is 1. The SMILES string of the molecule is COc1cc(C(=O)O)c(N)cc1OCC1CC1. The van der Waals surface area contributed by atoms with Crippen LogP contribution in [-0.2, 0) is 0 Å². The summed E-state index contributed by atoms with van der Waals surface area (Å²) >= 11 is 0. The van der Waals surface area contributed by atoms with E-state index in [1.54, 1.807) is 0 Å². The van der Waals surface area contributed by atoms with Gasteiger partial charge in [0.05, 0.1) is 25.0 Å². The molecule has 2 rings (SSSR count). The summed E-state index contributed by atoms with van der Waals surface area (Å²) < 4.78 is 10.7. The summed E-state index contributed by atoms with van der Waals surface area (Å²) in [5.41, 5.74) is 5.86. The van der Waals surface area contributed by atoms with E-state index in [0.717, 1.165) is 0 Å². The van der Waals surface area contributed by atoms with Gasteiger partial charge in [0.2, 0.25) is 0 Å². The molecule has 0 bridgehead atoms. The lowest BCUT2D eigenvalue weighted by Crippen LogP contribution is -2.06. The number of methoxy groups -OCH3 is 1. The van der Waals surface area contributed by atoms with Crippen LogP contribution in [0.4, 0.5) is 5.69 Å². The van der Waals surface area contributed by atoms with Crippen LogP contribution < -0.4 is 15.2 Å². The third-order valence-corrected chi connectivity index (χ3v) is 2.74. The molecule has 17 heavy (non-hydrogen) atoms. The lowest BCUT2D eigenvalue weighted by Gasteiger charge is -2.12. The Hall–Kier alpha value is -1.91. The molecule has 1 aliphatic rings. The molecule has 0 radical (unpaired) electrons. The standard InChI is InChI=1S/C12H15NO4/c1-16-10-4-8(12(14)15)9(13)5-11(10)17-6-7-2-3-7/h4-5,7H,2-3,6,13H2,1H3,(H,14,15). The first-order valence-electron chi connectivity index (χ1n) is 5.45. The van der Waals surface area contributed by atoms with Crippen LogP contribution in [0.1, 0.15) is 23.2 Å². The molecule has 0 amide bonds. The van der Waals surface area contributed by atoms with Crippen LogP contribution in [0.15, 0.2) is 12.1 Å². The molecule has 5 heteroatoms. The largest absolute Gasteiger partial charge is 0.493 e. The second-order valence-electron chi connectivity index (χ2n) is 4.15. The average Bonchev–Trinajstić information content (AvgIpc) is 3.09. The normalized spacial score (nSPS) is 14.4. The van der Waals surface area contributed by atoms with E-state index in [0.29, 0.717) is 24.0 Å². The number of carboxylic acid groups (broad SMARTS) is 1. The van der Waals surface area contributed by atoms with E-state index in [2.05, 4.69) is 0 Å². The molecule has 92 valence electrons. The maximum absolute atomic E-state index is 10.9. The number of carboxylic acids is 1. The summed E-state index contributed by atoms with van der Waals surface area (Å²) in [5.74, 6) is 0.439. The van der Waals surface area contributed by atoms with Crippen molar-refractivity contribution < 1.29 is 19.4 Å². The molecular weight excluding hydrogens is 222 g/mol. The number of aromatic carboxylic acids is 1. The predicted octanol–water partition coefficient (Wildman–Crippen LogP) is 1.76. The Balaban J connectivity index is 2.23. The highest BCUT2D eigenvalue weighted by atomic mass is 16.5. The molecule has 1 aromatic carbocycles. The Morgan fingerprint density at radius 2 is 2.18 bits per heavy atom. The molecule has 0 aromatic heterocycles. The smallest absolute Gasteiger partial charge is 0.337 e. The molecule has 0 unspecified atom stereocenters. The van der Waals surface area contributed by atoms with Crippen LogP contribution >= 0.6 is 0 Å².